The summed E-state index contributed by atoms with van der Waals surface area (Å²) in [7, 11) is -23.1. The van der Waals surface area contributed by atoms with E-state index in [-0.39, 0.29) is 65.3 Å². The lowest BCUT2D eigenvalue weighted by molar-refractivity contribution is -0.437. The second-order valence-corrected chi connectivity index (χ2v) is 23.5. The van der Waals surface area contributed by atoms with Gasteiger partial charge in [-0.25, -0.2) is 4.79 Å². The highest BCUT2D eigenvalue weighted by Crippen LogP contribution is 2.51. The van der Waals surface area contributed by atoms with Crippen molar-refractivity contribution in [3.05, 3.63) is 76.0 Å². The Morgan fingerprint density at radius 3 is 1.72 bits per heavy atom. The summed E-state index contributed by atoms with van der Waals surface area (Å²) in [6.45, 7) is 4.86. The standard InChI is InChI=1S/C36H46N4O19S5/c1-35(2)28(8-5-9-29-36(3,4)31-25(34(43)44)20-23(64(57,58)59)21-27(31)40(29)13-7-15-61(48,49)50)39(12-6-14-60(45,46)47)26-19-22(32(41)37-10-16-62(51,52)53)18-24(30(26)35)33(42)38-11-17-63(54,55)56/h5,8-9,18-21H,6-7,10-17H2,1-4H3,(H7-,37,38,41,42,43,44,45,46,47,48,49,50,51,52,53,54,55,56,57,58,59)/p+1. The van der Waals surface area contributed by atoms with Crippen LogP contribution in [0.15, 0.2) is 53.1 Å². The molecule has 2 aromatic rings. The van der Waals surface area contributed by atoms with E-state index in [0.717, 1.165) is 18.2 Å². The number of amides is 2. The highest BCUT2D eigenvalue weighted by molar-refractivity contribution is 7.86. The van der Waals surface area contributed by atoms with Gasteiger partial charge in [-0.15, -0.1) is 0 Å². The number of hydrogen-bond acceptors (Lipinski definition) is 14. The molecule has 2 amide bonds. The summed E-state index contributed by atoms with van der Waals surface area (Å²) in [6, 6.07) is 4.21. The highest BCUT2D eigenvalue weighted by Gasteiger charge is 2.48. The van der Waals surface area contributed by atoms with Crippen molar-refractivity contribution in [1.82, 2.24) is 10.6 Å². The zero-order chi connectivity index (χ0) is 48.6. The second-order valence-electron chi connectivity index (χ2n) is 15.8. The van der Waals surface area contributed by atoms with Crippen LogP contribution in [0.25, 0.3) is 0 Å². The molecule has 2 aliphatic rings. The maximum atomic E-state index is 13.8. The third-order valence-corrected chi connectivity index (χ3v) is 14.2. The van der Waals surface area contributed by atoms with E-state index >= 15 is 0 Å². The average Bonchev–Trinajstić information content (AvgIpc) is 3.46. The fraction of sp³-hybridized carbons (Fsp3) is 0.444. The third kappa shape index (κ3) is 12.8. The zero-order valence-corrected chi connectivity index (χ0v) is 38.6. The minimum Gasteiger partial charge on any atom is -0.478 e. The minimum atomic E-state index is -4.98. The number of hydrogen-bond donors (Lipinski definition) is 8. The topological polar surface area (TPSA) is 374 Å². The van der Waals surface area contributed by atoms with Crippen LogP contribution in [0.4, 0.5) is 11.4 Å². The molecule has 0 fully saturated rings. The molecule has 0 atom stereocenters. The maximum absolute atomic E-state index is 13.8. The summed E-state index contributed by atoms with van der Waals surface area (Å²) in [5, 5.41) is 14.8. The van der Waals surface area contributed by atoms with Gasteiger partial charge in [-0.2, -0.15) is 46.7 Å². The largest absolute Gasteiger partial charge is 0.478 e. The average molecular weight is 1000 g/mol. The Morgan fingerprint density at radius 2 is 1.20 bits per heavy atom. The van der Waals surface area contributed by atoms with Crippen molar-refractivity contribution in [2.24, 2.45) is 0 Å². The Labute approximate surface area is 369 Å². The number of carboxylic acid groups (broad SMARTS) is 1. The lowest BCUT2D eigenvalue weighted by atomic mass is 9.78. The minimum absolute atomic E-state index is 0.0207. The first-order chi connectivity index (χ1) is 29.0. The molecule has 0 unspecified atom stereocenters. The van der Waals surface area contributed by atoms with Crippen molar-refractivity contribution in [1.29, 1.82) is 0 Å². The quantitative estimate of drug-likeness (QED) is 0.0678. The summed E-state index contributed by atoms with van der Waals surface area (Å²) >= 11 is 0. The highest BCUT2D eigenvalue weighted by atomic mass is 32.2. The second kappa shape index (κ2) is 18.7. The van der Waals surface area contributed by atoms with E-state index in [0.29, 0.717) is 5.71 Å². The Hall–Kier alpha value is -4.65. The summed E-state index contributed by atoms with van der Waals surface area (Å²) in [6.07, 6.45) is 3.94. The van der Waals surface area contributed by atoms with Gasteiger partial charge in [0.1, 0.15) is 6.54 Å². The first kappa shape index (κ1) is 52.0. The van der Waals surface area contributed by atoms with Crippen LogP contribution in [0.5, 0.6) is 0 Å². The molecular formula is C36H47N4O19S5+. The Bertz CT molecular complexity index is 2940. The van der Waals surface area contributed by atoms with Gasteiger partial charge < -0.3 is 20.6 Å². The van der Waals surface area contributed by atoms with E-state index in [4.69, 9.17) is 4.55 Å². The number of benzene rings is 2. The van der Waals surface area contributed by atoms with Gasteiger partial charge in [0.25, 0.3) is 62.4 Å². The number of aromatic carboxylic acids is 1. The monoisotopic (exact) mass is 999 g/mol. The van der Waals surface area contributed by atoms with Crippen LogP contribution < -0.4 is 15.5 Å². The molecule has 0 radical (unpaired) electrons. The number of nitrogens with zero attached hydrogens (tertiary/aromatic N) is 2. The lowest BCUT2D eigenvalue weighted by Gasteiger charge is -2.27. The number of carbonyl (C=O) groups excluding carboxylic acids is 2. The van der Waals surface area contributed by atoms with Gasteiger partial charge >= 0.3 is 5.97 Å². The van der Waals surface area contributed by atoms with E-state index in [1.165, 1.54) is 33.8 Å². The molecule has 2 heterocycles. The number of nitrogens with one attached hydrogen (secondary N) is 2. The van der Waals surface area contributed by atoms with Crippen LogP contribution in [-0.2, 0) is 61.4 Å². The normalized spacial score (nSPS) is 16.9. The number of anilines is 1. The molecule has 0 saturated heterocycles. The predicted molar refractivity (Wildman–Crippen MR) is 230 cm³/mol. The molecule has 0 spiro atoms. The van der Waals surface area contributed by atoms with Crippen LogP contribution in [0.2, 0.25) is 0 Å². The van der Waals surface area contributed by atoms with Crippen molar-refractivity contribution in [2.45, 2.75) is 56.3 Å². The van der Waals surface area contributed by atoms with E-state index in [9.17, 15) is 79.8 Å². The fourth-order valence-corrected chi connectivity index (χ4v) is 9.92. The summed E-state index contributed by atoms with van der Waals surface area (Å²) in [4.78, 5) is 40.4. The number of rotatable bonds is 20. The number of carbonyl (C=O) groups is 3. The predicted octanol–water partition coefficient (Wildman–Crippen LogP) is 1.04. The molecule has 28 heteroatoms. The Balaban J connectivity index is 1.98. The summed E-state index contributed by atoms with van der Waals surface area (Å²) in [5.41, 5.74) is -2.58. The summed E-state index contributed by atoms with van der Waals surface area (Å²) < 4.78 is 166. The van der Waals surface area contributed by atoms with Crippen LogP contribution >= 0.6 is 0 Å². The smallest absolute Gasteiger partial charge is 0.336 e. The van der Waals surface area contributed by atoms with Gasteiger partial charge in [-0.05, 0) is 44.5 Å². The van der Waals surface area contributed by atoms with Crippen molar-refractivity contribution >= 4 is 85.5 Å². The first-order valence-corrected chi connectivity index (χ1v) is 26.7. The Morgan fingerprint density at radius 1 is 0.672 bits per heavy atom. The molecule has 0 saturated carbocycles. The molecule has 0 aromatic heterocycles. The van der Waals surface area contributed by atoms with Crippen LogP contribution in [0.1, 0.15) is 82.7 Å². The molecule has 0 bridgehead atoms. The number of carboxylic acids is 1. The molecule has 64 heavy (non-hydrogen) atoms. The molecule has 0 aliphatic carbocycles. The Kier molecular flexibility index (Phi) is 15.2. The van der Waals surface area contributed by atoms with Crippen molar-refractivity contribution in [3.63, 3.8) is 0 Å². The van der Waals surface area contributed by atoms with Gasteiger partial charge in [-0.1, -0.05) is 19.9 Å². The molecular weight excluding hydrogens is 953 g/mol. The molecule has 23 nitrogen and oxygen atoms in total. The van der Waals surface area contributed by atoms with Crippen LogP contribution in [-0.4, -0.2) is 147 Å². The molecule has 4 rings (SSSR count). The van der Waals surface area contributed by atoms with Gasteiger partial charge in [0.05, 0.1) is 50.0 Å². The molecule has 2 aliphatic heterocycles. The zero-order valence-electron chi connectivity index (χ0n) is 34.5. The third-order valence-electron chi connectivity index (χ3n) is 10.3. The molecule has 354 valence electrons. The van der Waals surface area contributed by atoms with Gasteiger partial charge in [0.2, 0.25) is 5.69 Å². The summed E-state index contributed by atoms with van der Waals surface area (Å²) in [5.74, 6) is -6.69. The van der Waals surface area contributed by atoms with E-state index in [1.54, 1.807) is 27.7 Å². The number of fused-ring (bicyclic) bond motifs is 2. The van der Waals surface area contributed by atoms with Crippen molar-refractivity contribution in [2.75, 3.05) is 54.1 Å². The van der Waals surface area contributed by atoms with E-state index < -0.39 is 126 Å². The van der Waals surface area contributed by atoms with Gasteiger partial charge in [0.15, 0.2) is 5.71 Å². The van der Waals surface area contributed by atoms with Crippen molar-refractivity contribution < 1.29 is 88.9 Å². The molecule has 8 N–H and O–H groups in total. The number of allylic oxidation sites excluding steroid dienone is 4. The van der Waals surface area contributed by atoms with Crippen molar-refractivity contribution in [3.8, 4) is 0 Å². The van der Waals surface area contributed by atoms with Gasteiger partial charge in [-0.3, -0.25) is 32.4 Å². The van der Waals surface area contributed by atoms with E-state index in [1.807, 2.05) is 0 Å². The van der Waals surface area contributed by atoms with E-state index in [2.05, 4.69) is 10.6 Å². The fourth-order valence-electron chi connectivity index (χ4n) is 7.69. The van der Waals surface area contributed by atoms with Crippen LogP contribution in [0.3, 0.4) is 0 Å². The first-order valence-electron chi connectivity index (χ1n) is 18.8. The SMILES string of the molecule is CC1(C)C(=CC=CC2=[N+](CCCS(=O)(=O)O)c3cc(C(=O)NCCS(=O)(=O)O)cc(C(=O)NCCS(=O)(=O)O)c3C2(C)C)N(CCCS(=O)(=O)O)c2cc(S(=O)(=O)O)cc(C(=O)O)c21. The maximum Gasteiger partial charge on any atom is 0.336 e. The van der Waals surface area contributed by atoms with Crippen LogP contribution in [0, 0.1) is 0 Å². The van der Waals surface area contributed by atoms with Gasteiger partial charge in [0, 0.05) is 66.1 Å². The molecule has 2 aromatic carbocycles. The lowest BCUT2D eigenvalue weighted by Crippen LogP contribution is -2.34.